The van der Waals surface area contributed by atoms with Gasteiger partial charge < -0.3 is 10.4 Å². The van der Waals surface area contributed by atoms with E-state index >= 15 is 0 Å². The van der Waals surface area contributed by atoms with E-state index in [9.17, 15) is 0 Å². The van der Waals surface area contributed by atoms with E-state index in [1.165, 1.54) is 28.9 Å². The molecule has 94 valence electrons. The molecule has 1 aromatic rings. The van der Waals surface area contributed by atoms with Crippen molar-refractivity contribution in [1.29, 1.82) is 0 Å². The minimum Gasteiger partial charge on any atom is -0.396 e. The Morgan fingerprint density at radius 1 is 1.41 bits per heavy atom. The summed E-state index contributed by atoms with van der Waals surface area (Å²) < 4.78 is 0. The summed E-state index contributed by atoms with van der Waals surface area (Å²) in [6.07, 6.45) is 3.55. The van der Waals surface area contributed by atoms with Crippen molar-refractivity contribution < 1.29 is 5.11 Å². The number of aliphatic hydroxyl groups excluding tert-OH is 1. The molecule has 2 N–H and O–H groups in total. The molecule has 0 saturated heterocycles. The number of thioether (sulfide) groups is 1. The predicted molar refractivity (Wildman–Crippen MR) is 73.5 cm³/mol. The number of nitrogens with one attached hydrogen (secondary N) is 1. The highest BCUT2D eigenvalue weighted by Crippen LogP contribution is 2.24. The Bertz CT molecular complexity index is 363. The molecule has 2 nitrogen and oxygen atoms in total. The zero-order valence-electron chi connectivity index (χ0n) is 10.4. The molecule has 0 heterocycles. The second-order valence-electron chi connectivity index (χ2n) is 4.68. The van der Waals surface area contributed by atoms with Crippen LogP contribution in [-0.4, -0.2) is 23.5 Å². The highest BCUT2D eigenvalue weighted by Gasteiger charge is 2.19. The first-order valence-corrected chi connectivity index (χ1v) is 7.34. The summed E-state index contributed by atoms with van der Waals surface area (Å²) in [4.78, 5) is 1.34. The number of benzene rings is 1. The Hall–Kier alpha value is -0.510. The van der Waals surface area contributed by atoms with Gasteiger partial charge in [-0.15, -0.1) is 11.8 Å². The van der Waals surface area contributed by atoms with Gasteiger partial charge in [-0.25, -0.2) is 0 Å². The standard InChI is InChI=1S/C14H21NOS/c1-11-9-12(10-15-13-4-5-13)3-6-14(11)17-8-2-7-16/h3,6,9,13,15-16H,2,4-5,7-8,10H2,1H3. The normalized spacial score (nSPS) is 15.2. The molecule has 1 aromatic carbocycles. The Morgan fingerprint density at radius 2 is 2.24 bits per heavy atom. The van der Waals surface area contributed by atoms with E-state index in [1.807, 2.05) is 11.8 Å². The van der Waals surface area contributed by atoms with Crippen molar-refractivity contribution in [2.24, 2.45) is 0 Å². The summed E-state index contributed by atoms with van der Waals surface area (Å²) >= 11 is 1.84. The van der Waals surface area contributed by atoms with Gasteiger partial charge in [-0.05, 0) is 43.4 Å². The van der Waals surface area contributed by atoms with Gasteiger partial charge in [0.05, 0.1) is 0 Å². The van der Waals surface area contributed by atoms with Crippen molar-refractivity contribution in [2.45, 2.75) is 43.7 Å². The molecule has 3 heteroatoms. The van der Waals surface area contributed by atoms with Crippen molar-refractivity contribution in [3.63, 3.8) is 0 Å². The number of hydrogen-bond acceptors (Lipinski definition) is 3. The van der Waals surface area contributed by atoms with Crippen LogP contribution in [0.4, 0.5) is 0 Å². The van der Waals surface area contributed by atoms with Crippen LogP contribution >= 0.6 is 11.8 Å². The molecule has 17 heavy (non-hydrogen) atoms. The van der Waals surface area contributed by atoms with Gasteiger partial charge in [0.15, 0.2) is 0 Å². The Morgan fingerprint density at radius 3 is 2.88 bits per heavy atom. The average molecular weight is 251 g/mol. The van der Waals surface area contributed by atoms with E-state index in [4.69, 9.17) is 5.11 Å². The van der Waals surface area contributed by atoms with Gasteiger partial charge in [-0.2, -0.15) is 0 Å². The van der Waals surface area contributed by atoms with Crippen LogP contribution < -0.4 is 5.32 Å². The third-order valence-corrected chi connectivity index (χ3v) is 4.23. The summed E-state index contributed by atoms with van der Waals surface area (Å²) in [6.45, 7) is 3.45. The Labute approximate surface area is 108 Å². The topological polar surface area (TPSA) is 32.3 Å². The van der Waals surface area contributed by atoms with E-state index in [-0.39, 0.29) is 6.61 Å². The second kappa shape index (κ2) is 6.43. The molecule has 0 spiro atoms. The molecule has 0 atom stereocenters. The summed E-state index contributed by atoms with van der Waals surface area (Å²) in [5, 5.41) is 12.3. The average Bonchev–Trinajstić information content (AvgIpc) is 3.13. The van der Waals surface area contributed by atoms with Crippen LogP contribution in [-0.2, 0) is 6.54 Å². The van der Waals surface area contributed by atoms with E-state index in [0.717, 1.165) is 24.8 Å². The molecule has 0 bridgehead atoms. The van der Waals surface area contributed by atoms with Gasteiger partial charge in [0, 0.05) is 29.8 Å². The zero-order chi connectivity index (χ0) is 12.1. The molecule has 0 amide bonds. The number of rotatable bonds is 7. The predicted octanol–water partition coefficient (Wildman–Crippen LogP) is 2.72. The molecule has 0 aliphatic heterocycles. The molecule has 0 unspecified atom stereocenters. The van der Waals surface area contributed by atoms with Gasteiger partial charge in [0.2, 0.25) is 0 Å². The van der Waals surface area contributed by atoms with Crippen molar-refractivity contribution in [1.82, 2.24) is 5.32 Å². The monoisotopic (exact) mass is 251 g/mol. The first-order chi connectivity index (χ1) is 8.29. The Kier molecular flexibility index (Phi) is 4.89. The van der Waals surface area contributed by atoms with Gasteiger partial charge in [0.25, 0.3) is 0 Å². The molecular weight excluding hydrogens is 230 g/mol. The van der Waals surface area contributed by atoms with E-state index in [2.05, 4.69) is 30.4 Å². The van der Waals surface area contributed by atoms with Crippen LogP contribution in [0.1, 0.15) is 30.4 Å². The van der Waals surface area contributed by atoms with Gasteiger partial charge in [0.1, 0.15) is 0 Å². The van der Waals surface area contributed by atoms with Gasteiger partial charge >= 0.3 is 0 Å². The van der Waals surface area contributed by atoms with Crippen LogP contribution in [0.25, 0.3) is 0 Å². The Balaban J connectivity index is 1.85. The molecule has 1 saturated carbocycles. The minimum atomic E-state index is 0.287. The molecule has 0 radical (unpaired) electrons. The van der Waals surface area contributed by atoms with Gasteiger partial charge in [-0.1, -0.05) is 12.1 Å². The van der Waals surface area contributed by atoms with Crippen molar-refractivity contribution in [3.05, 3.63) is 29.3 Å². The first kappa shape index (κ1) is 12.9. The van der Waals surface area contributed by atoms with Crippen LogP contribution in [0.3, 0.4) is 0 Å². The largest absolute Gasteiger partial charge is 0.396 e. The second-order valence-corrected chi connectivity index (χ2v) is 5.82. The molecular formula is C14H21NOS. The number of hydrogen-bond donors (Lipinski definition) is 2. The van der Waals surface area contributed by atoms with Gasteiger partial charge in [-0.3, -0.25) is 0 Å². The molecule has 0 aromatic heterocycles. The summed E-state index contributed by atoms with van der Waals surface area (Å²) in [7, 11) is 0. The molecule has 1 aliphatic rings. The third kappa shape index (κ3) is 4.34. The fourth-order valence-corrected chi connectivity index (χ4v) is 2.72. The minimum absolute atomic E-state index is 0.287. The number of aliphatic hydroxyl groups is 1. The van der Waals surface area contributed by atoms with E-state index < -0.39 is 0 Å². The number of aryl methyl sites for hydroxylation is 1. The lowest BCUT2D eigenvalue weighted by Crippen LogP contribution is -2.15. The van der Waals surface area contributed by atoms with Crippen LogP contribution in [0, 0.1) is 6.92 Å². The van der Waals surface area contributed by atoms with E-state index in [1.54, 1.807) is 0 Å². The van der Waals surface area contributed by atoms with Crippen LogP contribution in [0.15, 0.2) is 23.1 Å². The summed E-state index contributed by atoms with van der Waals surface area (Å²) in [6, 6.07) is 7.47. The van der Waals surface area contributed by atoms with E-state index in [0.29, 0.717) is 0 Å². The zero-order valence-corrected chi connectivity index (χ0v) is 11.2. The quantitative estimate of drug-likeness (QED) is 0.577. The van der Waals surface area contributed by atoms with Crippen LogP contribution in [0.2, 0.25) is 0 Å². The first-order valence-electron chi connectivity index (χ1n) is 6.36. The lowest BCUT2D eigenvalue weighted by atomic mass is 10.1. The lowest BCUT2D eigenvalue weighted by Gasteiger charge is -2.08. The van der Waals surface area contributed by atoms with Crippen molar-refractivity contribution >= 4 is 11.8 Å². The third-order valence-electron chi connectivity index (χ3n) is 2.97. The summed E-state index contributed by atoms with van der Waals surface area (Å²) in [5.74, 6) is 0.997. The fraction of sp³-hybridized carbons (Fsp3) is 0.571. The van der Waals surface area contributed by atoms with Crippen LogP contribution in [0.5, 0.6) is 0 Å². The van der Waals surface area contributed by atoms with Crippen molar-refractivity contribution in [2.75, 3.05) is 12.4 Å². The maximum absolute atomic E-state index is 8.76. The smallest absolute Gasteiger partial charge is 0.0439 e. The van der Waals surface area contributed by atoms with Crippen molar-refractivity contribution in [3.8, 4) is 0 Å². The molecule has 1 aliphatic carbocycles. The highest BCUT2D eigenvalue weighted by atomic mass is 32.2. The lowest BCUT2D eigenvalue weighted by molar-refractivity contribution is 0.296. The maximum atomic E-state index is 8.76. The molecule has 1 fully saturated rings. The highest BCUT2D eigenvalue weighted by molar-refractivity contribution is 7.99. The summed E-state index contributed by atoms with van der Waals surface area (Å²) in [5.41, 5.74) is 2.73. The SMILES string of the molecule is Cc1cc(CNC2CC2)ccc1SCCCO. The molecule has 2 rings (SSSR count). The fourth-order valence-electron chi connectivity index (χ4n) is 1.78. The maximum Gasteiger partial charge on any atom is 0.0439 e.